The highest BCUT2D eigenvalue weighted by molar-refractivity contribution is 5.91. The molecule has 0 radical (unpaired) electrons. The van der Waals surface area contributed by atoms with E-state index in [1.165, 1.54) is 0 Å². The fraction of sp³-hybridized carbons (Fsp3) is 0.0714. The maximum atomic E-state index is 13.6. The molecular weight excluding hydrogens is 394 g/mol. The number of nitrogens with zero attached hydrogens (tertiary/aromatic N) is 3. The Morgan fingerprint density at radius 1 is 0.750 bits per heavy atom. The normalized spacial score (nSPS) is 11.4. The third-order valence-corrected chi connectivity index (χ3v) is 5.64. The Morgan fingerprint density at radius 3 is 2.22 bits per heavy atom. The lowest BCUT2D eigenvalue weighted by atomic mass is 10.1. The summed E-state index contributed by atoms with van der Waals surface area (Å²) in [7, 11) is 4.04. The van der Waals surface area contributed by atoms with Gasteiger partial charge < -0.3 is 4.90 Å². The van der Waals surface area contributed by atoms with Gasteiger partial charge in [-0.1, -0.05) is 66.7 Å². The van der Waals surface area contributed by atoms with Crippen LogP contribution in [0.2, 0.25) is 0 Å². The monoisotopic (exact) mass is 417 g/mol. The van der Waals surface area contributed by atoms with Crippen molar-refractivity contribution in [3.63, 3.8) is 0 Å². The van der Waals surface area contributed by atoms with Crippen LogP contribution in [-0.2, 0) is 0 Å². The number of fused-ring (bicyclic) bond motifs is 2. The molecule has 0 aliphatic rings. The van der Waals surface area contributed by atoms with E-state index in [-0.39, 0.29) is 5.56 Å². The van der Waals surface area contributed by atoms with Crippen LogP contribution in [0.5, 0.6) is 0 Å². The summed E-state index contributed by atoms with van der Waals surface area (Å²) in [6.07, 6.45) is 3.91. The first kappa shape index (κ1) is 19.8. The van der Waals surface area contributed by atoms with Gasteiger partial charge in [-0.2, -0.15) is 0 Å². The Kier molecular flexibility index (Phi) is 5.04. The van der Waals surface area contributed by atoms with Gasteiger partial charge in [0.25, 0.3) is 5.56 Å². The molecule has 0 aliphatic carbocycles. The summed E-state index contributed by atoms with van der Waals surface area (Å²) in [6.45, 7) is 0. The van der Waals surface area contributed by atoms with Gasteiger partial charge in [-0.05, 0) is 47.4 Å². The van der Waals surface area contributed by atoms with Gasteiger partial charge in [0.2, 0.25) is 0 Å². The SMILES string of the molecule is CN(C)c1ccc(/C=C\c2nc3ccccc3c(=O)n2-c2cccc3ccccc23)cc1. The molecule has 0 fully saturated rings. The van der Waals surface area contributed by atoms with Crippen LogP contribution >= 0.6 is 0 Å². The predicted octanol–water partition coefficient (Wildman–Crippen LogP) is 5.78. The van der Waals surface area contributed by atoms with Gasteiger partial charge in [0.05, 0.1) is 16.6 Å². The largest absolute Gasteiger partial charge is 0.378 e. The number of para-hydroxylation sites is 1. The molecule has 0 saturated carbocycles. The molecule has 5 rings (SSSR count). The number of hydrogen-bond acceptors (Lipinski definition) is 3. The van der Waals surface area contributed by atoms with Gasteiger partial charge >= 0.3 is 0 Å². The number of hydrogen-bond donors (Lipinski definition) is 0. The molecule has 156 valence electrons. The Labute approximate surface area is 186 Å². The Balaban J connectivity index is 1.72. The van der Waals surface area contributed by atoms with Crippen molar-refractivity contribution < 1.29 is 0 Å². The highest BCUT2D eigenvalue weighted by atomic mass is 16.1. The topological polar surface area (TPSA) is 38.1 Å². The first-order valence-corrected chi connectivity index (χ1v) is 10.6. The number of anilines is 1. The van der Waals surface area contributed by atoms with Crippen LogP contribution in [0.25, 0.3) is 39.5 Å². The molecule has 0 unspecified atom stereocenters. The number of rotatable bonds is 4. The quantitative estimate of drug-likeness (QED) is 0.372. The standard InChI is InChI=1S/C28H23N3O/c1-30(2)22-17-14-20(15-18-22)16-19-27-29-25-12-6-5-11-24(25)28(32)31(27)26-13-7-9-21-8-3-4-10-23(21)26/h3-19H,1-2H3/b19-16-. The molecule has 0 atom stereocenters. The van der Waals surface area contributed by atoms with Crippen molar-refractivity contribution in [3.8, 4) is 5.69 Å². The molecule has 0 amide bonds. The molecule has 5 aromatic rings. The van der Waals surface area contributed by atoms with E-state index < -0.39 is 0 Å². The van der Waals surface area contributed by atoms with E-state index in [4.69, 9.17) is 4.98 Å². The van der Waals surface area contributed by atoms with Crippen molar-refractivity contribution in [3.05, 3.63) is 113 Å². The third kappa shape index (κ3) is 3.56. The Morgan fingerprint density at radius 2 is 1.44 bits per heavy atom. The molecule has 0 bridgehead atoms. The van der Waals surface area contributed by atoms with Crippen molar-refractivity contribution in [2.24, 2.45) is 0 Å². The summed E-state index contributed by atoms with van der Waals surface area (Å²) in [5, 5.41) is 2.70. The van der Waals surface area contributed by atoms with E-state index in [2.05, 4.69) is 41.3 Å². The van der Waals surface area contributed by atoms with Crippen LogP contribution in [0.4, 0.5) is 5.69 Å². The van der Waals surface area contributed by atoms with Crippen molar-refractivity contribution in [2.45, 2.75) is 0 Å². The first-order valence-electron chi connectivity index (χ1n) is 10.6. The lowest BCUT2D eigenvalue weighted by molar-refractivity contribution is 0.952. The lowest BCUT2D eigenvalue weighted by Crippen LogP contribution is -2.22. The lowest BCUT2D eigenvalue weighted by Gasteiger charge is -2.14. The van der Waals surface area contributed by atoms with Gasteiger partial charge in [0, 0.05) is 25.2 Å². The van der Waals surface area contributed by atoms with Crippen molar-refractivity contribution >= 4 is 39.5 Å². The van der Waals surface area contributed by atoms with Gasteiger partial charge in [0.15, 0.2) is 0 Å². The maximum Gasteiger partial charge on any atom is 0.266 e. The fourth-order valence-corrected chi connectivity index (χ4v) is 3.95. The summed E-state index contributed by atoms with van der Waals surface area (Å²) in [4.78, 5) is 20.5. The Hall–Kier alpha value is -4.18. The molecular formula is C28H23N3O. The van der Waals surface area contributed by atoms with Crippen molar-refractivity contribution in [1.29, 1.82) is 0 Å². The average molecular weight is 418 g/mol. The van der Waals surface area contributed by atoms with Crippen LogP contribution in [0.3, 0.4) is 0 Å². The minimum Gasteiger partial charge on any atom is -0.378 e. The zero-order chi connectivity index (χ0) is 22.1. The molecule has 0 N–H and O–H groups in total. The van der Waals surface area contributed by atoms with Crippen LogP contribution in [0.15, 0.2) is 95.8 Å². The zero-order valence-electron chi connectivity index (χ0n) is 18.1. The molecule has 0 spiro atoms. The molecule has 4 heteroatoms. The van der Waals surface area contributed by atoms with Gasteiger partial charge in [-0.15, -0.1) is 0 Å². The van der Waals surface area contributed by atoms with Crippen LogP contribution < -0.4 is 10.5 Å². The smallest absolute Gasteiger partial charge is 0.266 e. The summed E-state index contributed by atoms with van der Waals surface area (Å²) in [6, 6.07) is 29.9. The number of benzene rings is 4. The Bertz CT molecular complexity index is 1510. The summed E-state index contributed by atoms with van der Waals surface area (Å²) < 4.78 is 1.72. The first-order chi connectivity index (χ1) is 15.6. The molecule has 32 heavy (non-hydrogen) atoms. The van der Waals surface area contributed by atoms with Gasteiger partial charge in [-0.3, -0.25) is 9.36 Å². The van der Waals surface area contributed by atoms with E-state index in [0.29, 0.717) is 16.7 Å². The molecule has 0 saturated heterocycles. The molecule has 4 nitrogen and oxygen atoms in total. The van der Waals surface area contributed by atoms with E-state index in [0.717, 1.165) is 27.7 Å². The minimum absolute atomic E-state index is 0.0745. The number of aromatic nitrogens is 2. The predicted molar refractivity (Wildman–Crippen MR) is 135 cm³/mol. The second-order valence-corrected chi connectivity index (χ2v) is 7.95. The third-order valence-electron chi connectivity index (χ3n) is 5.64. The van der Waals surface area contributed by atoms with E-state index in [1.807, 2.05) is 80.8 Å². The average Bonchev–Trinajstić information content (AvgIpc) is 2.83. The summed E-state index contributed by atoms with van der Waals surface area (Å²) >= 11 is 0. The van der Waals surface area contributed by atoms with Crippen LogP contribution in [0.1, 0.15) is 11.4 Å². The molecule has 1 heterocycles. The van der Waals surface area contributed by atoms with Crippen molar-refractivity contribution in [1.82, 2.24) is 9.55 Å². The molecule has 0 aliphatic heterocycles. The van der Waals surface area contributed by atoms with Crippen LogP contribution in [0, 0.1) is 0 Å². The minimum atomic E-state index is -0.0745. The van der Waals surface area contributed by atoms with Crippen LogP contribution in [-0.4, -0.2) is 23.6 Å². The van der Waals surface area contributed by atoms with E-state index in [9.17, 15) is 4.79 Å². The fourth-order valence-electron chi connectivity index (χ4n) is 3.95. The molecule has 4 aromatic carbocycles. The highest BCUT2D eigenvalue weighted by Gasteiger charge is 2.13. The zero-order valence-corrected chi connectivity index (χ0v) is 18.1. The molecule has 1 aromatic heterocycles. The van der Waals surface area contributed by atoms with E-state index in [1.54, 1.807) is 4.57 Å². The van der Waals surface area contributed by atoms with Crippen molar-refractivity contribution in [2.75, 3.05) is 19.0 Å². The highest BCUT2D eigenvalue weighted by Crippen LogP contribution is 2.24. The summed E-state index contributed by atoms with van der Waals surface area (Å²) in [5.41, 5.74) is 3.63. The van der Waals surface area contributed by atoms with Gasteiger partial charge in [0.1, 0.15) is 5.82 Å². The second-order valence-electron chi connectivity index (χ2n) is 7.95. The summed E-state index contributed by atoms with van der Waals surface area (Å²) in [5.74, 6) is 0.599. The maximum absolute atomic E-state index is 13.6. The van der Waals surface area contributed by atoms with E-state index >= 15 is 0 Å². The second kappa shape index (κ2) is 8.16. The van der Waals surface area contributed by atoms with Gasteiger partial charge in [-0.25, -0.2) is 4.98 Å².